The minimum atomic E-state index is -0.118. The molecule has 5 aliphatic rings. The maximum atomic E-state index is 7.27. The molecule has 75 heavy (non-hydrogen) atoms. The lowest BCUT2D eigenvalue weighted by Gasteiger charge is -2.62. The van der Waals surface area contributed by atoms with Crippen molar-refractivity contribution < 1.29 is 4.74 Å². The van der Waals surface area contributed by atoms with Crippen LogP contribution in [0.15, 0.2) is 170 Å². The van der Waals surface area contributed by atoms with Gasteiger partial charge in [0.15, 0.2) is 0 Å². The summed E-state index contributed by atoms with van der Waals surface area (Å²) < 4.78 is 9.68. The lowest BCUT2D eigenvalue weighted by Crippen LogP contribution is -2.56. The van der Waals surface area contributed by atoms with E-state index in [2.05, 4.69) is 233 Å². The predicted molar refractivity (Wildman–Crippen MR) is 314 cm³/mol. The van der Waals surface area contributed by atoms with E-state index in [-0.39, 0.29) is 5.41 Å². The molecule has 3 heterocycles. The Balaban J connectivity index is 0.932. The van der Waals surface area contributed by atoms with Crippen LogP contribution in [0.2, 0.25) is 0 Å². The molecular weight excluding hydrogens is 913 g/mol. The topological polar surface area (TPSA) is 33.5 Å². The maximum absolute atomic E-state index is 7.27. The molecule has 4 aliphatic carbocycles. The molecule has 15 rings (SSSR count). The first-order valence-electron chi connectivity index (χ1n) is 28.0. The van der Waals surface area contributed by atoms with Gasteiger partial charge in [-0.25, -0.2) is 4.98 Å². The second-order valence-electron chi connectivity index (χ2n) is 23.9. The second-order valence-corrected chi connectivity index (χ2v) is 23.9. The number of ether oxygens (including phenoxy) is 1. The van der Waals surface area contributed by atoms with Crippen LogP contribution < -0.4 is 14.5 Å². The third-order valence-corrected chi connectivity index (χ3v) is 18.6. The largest absolute Gasteiger partial charge is 0.457 e. The van der Waals surface area contributed by atoms with Gasteiger partial charge in [0.25, 0.3) is 0 Å². The number of pyridine rings is 1. The monoisotopic (exact) mass is 981 g/mol. The summed E-state index contributed by atoms with van der Waals surface area (Å²) in [6, 6.07) is 62.0. The summed E-state index contributed by atoms with van der Waals surface area (Å²) >= 11 is 0. The zero-order chi connectivity index (χ0) is 50.9. The minimum Gasteiger partial charge on any atom is -0.457 e. The summed E-state index contributed by atoms with van der Waals surface area (Å²) in [6.07, 6.45) is 8.73. The van der Waals surface area contributed by atoms with E-state index >= 15 is 0 Å². The van der Waals surface area contributed by atoms with Gasteiger partial charge in [-0.3, -0.25) is 4.57 Å². The summed E-state index contributed by atoms with van der Waals surface area (Å²) in [5.41, 5.74) is 15.3. The highest BCUT2D eigenvalue weighted by atomic mass is 16.5. The van der Waals surface area contributed by atoms with E-state index in [1.165, 1.54) is 115 Å². The number of para-hydroxylation sites is 3. The molecule has 0 saturated heterocycles. The summed E-state index contributed by atoms with van der Waals surface area (Å²) in [7, 11) is 2.19. The molecule has 4 bridgehead atoms. The standard InChI is InChI=1S/C70H68N4O/c1-42(2)48-36-61(43(3)4)69(62(37-48)44(5)6)49-34-53(73-41-72(7)65-21-12-13-22-66(65)73)39-55(35-49)75-54-24-26-60-59-17-10-11-20-64(59)74(67(60)40-54)68-38-50(27-28-71-68)70(51-30-45-29-46(32-51)33-52(70)31-45)63-19-14-18-57-56-16-9-8-15-47(56)23-25-58(57)63/h8-28,34-40,42-46,51-52H,29-33,41H2,1-7H3. The molecule has 4 fully saturated rings. The van der Waals surface area contributed by atoms with Gasteiger partial charge in [0, 0.05) is 47.3 Å². The molecule has 8 aromatic carbocycles. The smallest absolute Gasteiger partial charge is 0.137 e. The van der Waals surface area contributed by atoms with Gasteiger partial charge in [-0.15, -0.1) is 0 Å². The fourth-order valence-corrected chi connectivity index (χ4v) is 15.4. The average molecular weight is 981 g/mol. The Labute approximate surface area is 442 Å². The SMILES string of the molecule is CC(C)c1cc(C(C)C)c(-c2cc(Oc3ccc4c5ccccc5n(-c5cc(C6(c7cccc8c7ccc7ccccc78)C7CC8CC(C7)CC6C8)ccn5)c4c3)cc(N3CN(C)c4ccccc43)c2)c(C(C)C)c1. The van der Waals surface area contributed by atoms with E-state index < -0.39 is 0 Å². The molecule has 5 nitrogen and oxygen atoms in total. The number of hydrogen-bond acceptors (Lipinski definition) is 4. The van der Waals surface area contributed by atoms with E-state index in [1.807, 2.05) is 0 Å². The summed E-state index contributed by atoms with van der Waals surface area (Å²) in [5.74, 6) is 6.51. The molecule has 4 saturated carbocycles. The normalized spacial score (nSPS) is 21.0. The van der Waals surface area contributed by atoms with E-state index in [0.29, 0.717) is 29.6 Å². The van der Waals surface area contributed by atoms with Crippen LogP contribution in [-0.4, -0.2) is 23.3 Å². The van der Waals surface area contributed by atoms with Gasteiger partial charge in [0.05, 0.1) is 29.1 Å². The molecule has 1 aliphatic heterocycles. The number of benzene rings is 8. The molecule has 0 unspecified atom stereocenters. The molecule has 0 N–H and O–H groups in total. The molecule has 0 spiro atoms. The van der Waals surface area contributed by atoms with Crippen LogP contribution in [0.5, 0.6) is 11.5 Å². The molecule has 0 amide bonds. The Morgan fingerprint density at radius 2 is 1.20 bits per heavy atom. The van der Waals surface area contributed by atoms with Crippen molar-refractivity contribution in [2.24, 2.45) is 23.7 Å². The number of anilines is 3. The van der Waals surface area contributed by atoms with E-state index in [4.69, 9.17) is 9.72 Å². The van der Waals surface area contributed by atoms with Crippen molar-refractivity contribution in [1.29, 1.82) is 0 Å². The van der Waals surface area contributed by atoms with E-state index in [1.54, 1.807) is 0 Å². The Kier molecular flexibility index (Phi) is 10.8. The number of rotatable bonds is 10. The van der Waals surface area contributed by atoms with Crippen molar-refractivity contribution in [2.75, 3.05) is 23.5 Å². The molecule has 2 aromatic heterocycles. The van der Waals surface area contributed by atoms with Crippen LogP contribution in [0, 0.1) is 23.7 Å². The number of nitrogens with zero attached hydrogens (tertiary/aromatic N) is 4. The first kappa shape index (κ1) is 46.2. The molecule has 5 heteroatoms. The van der Waals surface area contributed by atoms with Crippen LogP contribution in [0.4, 0.5) is 17.1 Å². The lowest BCUT2D eigenvalue weighted by atomic mass is 9.42. The highest BCUT2D eigenvalue weighted by molar-refractivity contribution is 6.10. The fraction of sp³-hybridized carbons (Fsp3) is 0.300. The molecule has 0 radical (unpaired) electrons. The predicted octanol–water partition coefficient (Wildman–Crippen LogP) is 18.6. The van der Waals surface area contributed by atoms with Gasteiger partial charge in [-0.1, -0.05) is 139 Å². The highest BCUT2D eigenvalue weighted by Gasteiger charge is 2.59. The molecule has 374 valence electrons. The highest BCUT2D eigenvalue weighted by Crippen LogP contribution is 2.66. The van der Waals surface area contributed by atoms with Gasteiger partial charge >= 0.3 is 0 Å². The molecular formula is C70H68N4O. The van der Waals surface area contributed by atoms with Crippen molar-refractivity contribution in [1.82, 2.24) is 9.55 Å². The van der Waals surface area contributed by atoms with Crippen LogP contribution >= 0.6 is 0 Å². The van der Waals surface area contributed by atoms with E-state index in [9.17, 15) is 0 Å². The lowest BCUT2D eigenvalue weighted by molar-refractivity contribution is -0.0412. The van der Waals surface area contributed by atoms with Crippen molar-refractivity contribution in [2.45, 2.75) is 96.8 Å². The zero-order valence-electron chi connectivity index (χ0n) is 44.6. The average Bonchev–Trinajstić information content (AvgIpc) is 3.95. The van der Waals surface area contributed by atoms with Crippen molar-refractivity contribution in [3.8, 4) is 28.4 Å². The van der Waals surface area contributed by atoms with Crippen molar-refractivity contribution in [3.63, 3.8) is 0 Å². The van der Waals surface area contributed by atoms with Gasteiger partial charge in [0.2, 0.25) is 0 Å². The number of hydrogen-bond donors (Lipinski definition) is 0. The van der Waals surface area contributed by atoms with Crippen LogP contribution in [0.25, 0.3) is 60.3 Å². The Bertz CT molecular complexity index is 3840. The third-order valence-electron chi connectivity index (χ3n) is 18.6. The van der Waals surface area contributed by atoms with Gasteiger partial charge < -0.3 is 14.5 Å². The van der Waals surface area contributed by atoms with Crippen molar-refractivity contribution >= 4 is 60.4 Å². The van der Waals surface area contributed by atoms with E-state index in [0.717, 1.165) is 52.5 Å². The number of aromatic nitrogens is 2. The Morgan fingerprint density at radius 1 is 0.533 bits per heavy atom. The summed E-state index contributed by atoms with van der Waals surface area (Å²) in [5, 5.41) is 7.81. The summed E-state index contributed by atoms with van der Waals surface area (Å²) in [4.78, 5) is 10.1. The Hall–Kier alpha value is -7.37. The molecule has 10 aromatic rings. The zero-order valence-corrected chi connectivity index (χ0v) is 44.6. The first-order valence-corrected chi connectivity index (χ1v) is 28.0. The van der Waals surface area contributed by atoms with Crippen LogP contribution in [-0.2, 0) is 5.41 Å². The first-order chi connectivity index (χ1) is 36.5. The number of fused-ring (bicyclic) bond motifs is 7. The van der Waals surface area contributed by atoms with Gasteiger partial charge in [0.1, 0.15) is 17.3 Å². The van der Waals surface area contributed by atoms with Crippen LogP contribution in [0.3, 0.4) is 0 Å². The maximum Gasteiger partial charge on any atom is 0.137 e. The second kappa shape index (κ2) is 17.6. The minimum absolute atomic E-state index is 0.118. The van der Waals surface area contributed by atoms with Gasteiger partial charge in [-0.05, 0) is 189 Å². The van der Waals surface area contributed by atoms with Crippen molar-refractivity contribution in [3.05, 3.63) is 198 Å². The van der Waals surface area contributed by atoms with Crippen LogP contribution in [0.1, 0.15) is 119 Å². The van der Waals surface area contributed by atoms with Gasteiger partial charge in [-0.2, -0.15) is 0 Å². The Morgan fingerprint density at radius 3 is 1.95 bits per heavy atom. The summed E-state index contributed by atoms with van der Waals surface area (Å²) in [6.45, 7) is 14.7. The fourth-order valence-electron chi connectivity index (χ4n) is 15.4. The third kappa shape index (κ3) is 7.27. The quantitative estimate of drug-likeness (QED) is 0.128. The molecule has 0 atom stereocenters.